The molecule has 9 heteroatoms. The van der Waals surface area contributed by atoms with Gasteiger partial charge in [-0.2, -0.15) is 0 Å². The Balaban J connectivity index is 0.00000113. The minimum absolute atomic E-state index is 0. The predicted molar refractivity (Wildman–Crippen MR) is 102 cm³/mol. The average Bonchev–Trinajstić information content (AvgIpc) is 3.23. The number of thiazole rings is 1. The Hall–Kier alpha value is -1.54. The van der Waals surface area contributed by atoms with Gasteiger partial charge in [-0.3, -0.25) is 4.79 Å². The van der Waals surface area contributed by atoms with Gasteiger partial charge in [-0.15, -0.1) is 36.2 Å². The quantitative estimate of drug-likeness (QED) is 0.834. The monoisotopic (exact) mass is 403 g/mol. The average molecular weight is 404 g/mol. The maximum atomic E-state index is 12.6. The number of piperazine rings is 1. The normalized spacial score (nSPS) is 18.3. The van der Waals surface area contributed by atoms with Gasteiger partial charge in [-0.05, 0) is 25.1 Å². The SMILES string of the molecule is C[C@H]1CNCCN1C(=O)c1csc(-c2ccc3c(c2)OCO3)n1.Cl.Cl. The van der Waals surface area contributed by atoms with Crippen molar-refractivity contribution in [2.24, 2.45) is 0 Å². The van der Waals surface area contributed by atoms with E-state index in [9.17, 15) is 4.79 Å². The molecule has 1 atom stereocenters. The Morgan fingerprint density at radius 3 is 2.92 bits per heavy atom. The first kappa shape index (κ1) is 19.8. The summed E-state index contributed by atoms with van der Waals surface area (Å²) in [6.07, 6.45) is 0. The fourth-order valence-electron chi connectivity index (χ4n) is 2.82. The van der Waals surface area contributed by atoms with E-state index in [0.29, 0.717) is 5.69 Å². The van der Waals surface area contributed by atoms with Gasteiger partial charge in [0, 0.05) is 36.6 Å². The van der Waals surface area contributed by atoms with Gasteiger partial charge in [-0.1, -0.05) is 0 Å². The van der Waals surface area contributed by atoms with Gasteiger partial charge < -0.3 is 19.7 Å². The number of nitrogens with zero attached hydrogens (tertiary/aromatic N) is 2. The molecule has 2 aromatic rings. The molecule has 0 unspecified atom stereocenters. The Labute approximate surface area is 162 Å². The molecule has 0 bridgehead atoms. The molecule has 1 fully saturated rings. The van der Waals surface area contributed by atoms with Crippen molar-refractivity contribution in [3.8, 4) is 22.1 Å². The van der Waals surface area contributed by atoms with E-state index in [4.69, 9.17) is 9.47 Å². The number of carbonyl (C=O) groups excluding carboxylic acids is 1. The summed E-state index contributed by atoms with van der Waals surface area (Å²) >= 11 is 1.47. The number of nitrogens with one attached hydrogen (secondary N) is 1. The summed E-state index contributed by atoms with van der Waals surface area (Å²) in [5, 5.41) is 5.93. The number of hydrogen-bond donors (Lipinski definition) is 1. The van der Waals surface area contributed by atoms with Crippen molar-refractivity contribution in [3.05, 3.63) is 29.3 Å². The zero-order valence-corrected chi connectivity index (χ0v) is 16.0. The second-order valence-corrected chi connectivity index (χ2v) is 6.52. The van der Waals surface area contributed by atoms with Gasteiger partial charge in [0.25, 0.3) is 5.91 Å². The fraction of sp³-hybridized carbons (Fsp3) is 0.375. The maximum absolute atomic E-state index is 12.6. The molecular weight excluding hydrogens is 385 g/mol. The molecule has 1 N–H and O–H groups in total. The van der Waals surface area contributed by atoms with Gasteiger partial charge >= 0.3 is 0 Å². The van der Waals surface area contributed by atoms with E-state index in [1.165, 1.54) is 11.3 Å². The van der Waals surface area contributed by atoms with Crippen LogP contribution in [0, 0.1) is 0 Å². The largest absolute Gasteiger partial charge is 0.454 e. The van der Waals surface area contributed by atoms with Crippen molar-refractivity contribution in [3.63, 3.8) is 0 Å². The molecule has 3 heterocycles. The number of aromatic nitrogens is 1. The molecule has 4 rings (SSSR count). The number of ether oxygens (including phenoxy) is 2. The first-order chi connectivity index (χ1) is 11.2. The molecule has 0 aliphatic carbocycles. The molecule has 25 heavy (non-hydrogen) atoms. The third-order valence-electron chi connectivity index (χ3n) is 4.10. The van der Waals surface area contributed by atoms with Crippen molar-refractivity contribution in [2.75, 3.05) is 26.4 Å². The maximum Gasteiger partial charge on any atom is 0.273 e. The zero-order valence-electron chi connectivity index (χ0n) is 13.6. The highest BCUT2D eigenvalue weighted by molar-refractivity contribution is 7.13. The Morgan fingerprint density at radius 2 is 2.12 bits per heavy atom. The molecule has 1 saturated heterocycles. The molecule has 0 spiro atoms. The lowest BCUT2D eigenvalue weighted by molar-refractivity contribution is 0.0650. The summed E-state index contributed by atoms with van der Waals surface area (Å²) in [5.41, 5.74) is 1.45. The molecule has 0 radical (unpaired) electrons. The molecule has 2 aliphatic heterocycles. The van der Waals surface area contributed by atoms with E-state index in [0.717, 1.165) is 41.7 Å². The van der Waals surface area contributed by atoms with Crippen molar-refractivity contribution in [1.82, 2.24) is 15.2 Å². The van der Waals surface area contributed by atoms with Crippen LogP contribution in [0.4, 0.5) is 0 Å². The lowest BCUT2D eigenvalue weighted by Gasteiger charge is -2.33. The number of amides is 1. The zero-order chi connectivity index (χ0) is 15.8. The van der Waals surface area contributed by atoms with E-state index in [2.05, 4.69) is 17.2 Å². The van der Waals surface area contributed by atoms with E-state index in [-0.39, 0.29) is 43.6 Å². The van der Waals surface area contributed by atoms with Gasteiger partial charge in [0.1, 0.15) is 10.7 Å². The highest BCUT2D eigenvalue weighted by Gasteiger charge is 2.26. The molecular formula is C16H19Cl2N3O3S. The van der Waals surface area contributed by atoms with Crippen LogP contribution < -0.4 is 14.8 Å². The smallest absolute Gasteiger partial charge is 0.273 e. The molecule has 1 amide bonds. The number of carbonyl (C=O) groups is 1. The van der Waals surface area contributed by atoms with E-state index < -0.39 is 0 Å². The summed E-state index contributed by atoms with van der Waals surface area (Å²) in [4.78, 5) is 19.0. The fourth-order valence-corrected chi connectivity index (χ4v) is 3.61. The van der Waals surface area contributed by atoms with Crippen molar-refractivity contribution < 1.29 is 14.3 Å². The van der Waals surface area contributed by atoms with Crippen LogP contribution in [0.1, 0.15) is 17.4 Å². The number of hydrogen-bond acceptors (Lipinski definition) is 6. The summed E-state index contributed by atoms with van der Waals surface area (Å²) in [6.45, 7) is 4.67. The second kappa shape index (κ2) is 8.23. The molecule has 6 nitrogen and oxygen atoms in total. The summed E-state index contributed by atoms with van der Waals surface area (Å²) in [7, 11) is 0. The highest BCUT2D eigenvalue weighted by Crippen LogP contribution is 2.36. The molecule has 136 valence electrons. The van der Waals surface area contributed by atoms with Crippen LogP contribution in [0.25, 0.3) is 10.6 Å². The van der Waals surface area contributed by atoms with Crippen LogP contribution in [0.5, 0.6) is 11.5 Å². The van der Waals surface area contributed by atoms with Crippen LogP contribution in [0.15, 0.2) is 23.6 Å². The van der Waals surface area contributed by atoms with E-state index in [1.807, 2.05) is 28.5 Å². The second-order valence-electron chi connectivity index (χ2n) is 5.66. The number of benzene rings is 1. The van der Waals surface area contributed by atoms with Crippen LogP contribution >= 0.6 is 36.2 Å². The number of halogens is 2. The van der Waals surface area contributed by atoms with Gasteiger partial charge in [0.05, 0.1) is 0 Å². The van der Waals surface area contributed by atoms with Crippen LogP contribution in [-0.4, -0.2) is 48.3 Å². The van der Waals surface area contributed by atoms with E-state index in [1.54, 1.807) is 0 Å². The third kappa shape index (κ3) is 3.84. The standard InChI is InChI=1S/C16H17N3O3S.2ClH/c1-10-7-17-4-5-19(10)16(20)12-8-23-15(18-12)11-2-3-13-14(6-11)22-9-21-13;;/h2-3,6,8,10,17H,4-5,7,9H2,1H3;2*1H/t10-;;/m0../s1. The first-order valence-corrected chi connectivity index (χ1v) is 8.47. The molecule has 0 saturated carbocycles. The lowest BCUT2D eigenvalue weighted by Crippen LogP contribution is -2.52. The van der Waals surface area contributed by atoms with Crippen molar-refractivity contribution in [2.45, 2.75) is 13.0 Å². The van der Waals surface area contributed by atoms with E-state index >= 15 is 0 Å². The topological polar surface area (TPSA) is 63.7 Å². The van der Waals surface area contributed by atoms with Gasteiger partial charge in [0.15, 0.2) is 11.5 Å². The van der Waals surface area contributed by atoms with Gasteiger partial charge in [0.2, 0.25) is 6.79 Å². The molecule has 2 aliphatic rings. The lowest BCUT2D eigenvalue weighted by atomic mass is 10.2. The highest BCUT2D eigenvalue weighted by atomic mass is 35.5. The first-order valence-electron chi connectivity index (χ1n) is 7.59. The summed E-state index contributed by atoms with van der Waals surface area (Å²) < 4.78 is 10.7. The third-order valence-corrected chi connectivity index (χ3v) is 5.00. The Kier molecular flexibility index (Phi) is 6.51. The predicted octanol–water partition coefficient (Wildman–Crippen LogP) is 2.82. The summed E-state index contributed by atoms with van der Waals surface area (Å²) in [6, 6.07) is 5.91. The van der Waals surface area contributed by atoms with Gasteiger partial charge in [-0.25, -0.2) is 4.98 Å². The van der Waals surface area contributed by atoms with Crippen LogP contribution in [0.2, 0.25) is 0 Å². The molecule has 1 aromatic heterocycles. The number of fused-ring (bicyclic) bond motifs is 1. The Morgan fingerprint density at radius 1 is 1.32 bits per heavy atom. The van der Waals surface area contributed by atoms with Crippen LogP contribution in [0.3, 0.4) is 0 Å². The number of rotatable bonds is 2. The minimum Gasteiger partial charge on any atom is -0.454 e. The van der Waals surface area contributed by atoms with Crippen LogP contribution in [-0.2, 0) is 0 Å². The van der Waals surface area contributed by atoms with Crippen molar-refractivity contribution >= 4 is 42.1 Å². The Bertz CT molecular complexity index is 756. The van der Waals surface area contributed by atoms with Crippen molar-refractivity contribution in [1.29, 1.82) is 0 Å². The minimum atomic E-state index is 0. The summed E-state index contributed by atoms with van der Waals surface area (Å²) in [5.74, 6) is 1.47. The molecule has 1 aromatic carbocycles.